The van der Waals surface area contributed by atoms with Crippen LogP contribution in [0.5, 0.6) is 0 Å². The number of hydrogen-bond acceptors (Lipinski definition) is 4. The fraction of sp³-hybridized carbons (Fsp3) is 0.385. The van der Waals surface area contributed by atoms with E-state index in [1.165, 1.54) is 7.11 Å². The van der Waals surface area contributed by atoms with Crippen LogP contribution in [0.3, 0.4) is 0 Å². The topological polar surface area (TPSA) is 67.4 Å². The largest absolute Gasteiger partial charge is 0.468 e. The molecule has 0 bridgehead atoms. The summed E-state index contributed by atoms with van der Waals surface area (Å²) in [5.74, 6) is -0.644. The third kappa shape index (κ3) is 4.79. The van der Waals surface area contributed by atoms with Crippen molar-refractivity contribution in [1.29, 1.82) is 0 Å². The number of ether oxygens (including phenoxy) is 1. The zero-order valence-corrected chi connectivity index (χ0v) is 11.9. The molecule has 1 amide bonds. The quantitative estimate of drug-likeness (QED) is 0.812. The van der Waals surface area contributed by atoms with Gasteiger partial charge in [0.2, 0.25) is 0 Å². The molecule has 0 heterocycles. The van der Waals surface area contributed by atoms with E-state index in [4.69, 9.17) is 11.6 Å². The number of carbonyl (C=O) groups is 2. The van der Waals surface area contributed by atoms with Crippen LogP contribution in [0.25, 0.3) is 0 Å². The van der Waals surface area contributed by atoms with Gasteiger partial charge in [0.05, 0.1) is 12.7 Å². The second-order valence-corrected chi connectivity index (χ2v) is 4.68. The van der Waals surface area contributed by atoms with E-state index in [-0.39, 0.29) is 18.5 Å². The Labute approximate surface area is 117 Å². The van der Waals surface area contributed by atoms with E-state index in [9.17, 15) is 9.59 Å². The maximum absolute atomic E-state index is 12.0. The molecule has 0 saturated heterocycles. The summed E-state index contributed by atoms with van der Waals surface area (Å²) < 4.78 is 4.53. The molecule has 0 spiro atoms. The SMILES string of the molecule is COC(=O)CNc1cc(Cl)ccc1C(=O)NC(C)C. The van der Waals surface area contributed by atoms with Crippen LogP contribution in [0, 0.1) is 0 Å². The number of hydrogen-bond donors (Lipinski definition) is 2. The lowest BCUT2D eigenvalue weighted by Gasteiger charge is -2.13. The molecule has 0 saturated carbocycles. The molecule has 5 nitrogen and oxygen atoms in total. The van der Waals surface area contributed by atoms with Crippen molar-refractivity contribution in [2.24, 2.45) is 0 Å². The molecule has 0 aliphatic carbocycles. The maximum Gasteiger partial charge on any atom is 0.325 e. The monoisotopic (exact) mass is 284 g/mol. The normalized spacial score (nSPS) is 10.2. The van der Waals surface area contributed by atoms with Crippen LogP contribution in [-0.2, 0) is 9.53 Å². The van der Waals surface area contributed by atoms with Crippen LogP contribution >= 0.6 is 11.6 Å². The van der Waals surface area contributed by atoms with Crippen molar-refractivity contribution in [2.75, 3.05) is 19.0 Å². The highest BCUT2D eigenvalue weighted by Gasteiger charge is 2.13. The van der Waals surface area contributed by atoms with Gasteiger partial charge in [-0.05, 0) is 32.0 Å². The molecule has 6 heteroatoms. The highest BCUT2D eigenvalue weighted by Crippen LogP contribution is 2.21. The smallest absolute Gasteiger partial charge is 0.325 e. The number of benzene rings is 1. The lowest BCUT2D eigenvalue weighted by molar-refractivity contribution is -0.138. The van der Waals surface area contributed by atoms with E-state index in [1.807, 2.05) is 13.8 Å². The number of anilines is 1. The molecular formula is C13H17ClN2O3. The first kappa shape index (κ1) is 15.3. The Morgan fingerprint density at radius 3 is 2.63 bits per heavy atom. The van der Waals surface area contributed by atoms with Gasteiger partial charge in [-0.15, -0.1) is 0 Å². The zero-order chi connectivity index (χ0) is 14.4. The number of esters is 1. The number of nitrogens with one attached hydrogen (secondary N) is 2. The third-order valence-electron chi connectivity index (χ3n) is 2.30. The Kier molecular flexibility index (Phi) is 5.63. The number of methoxy groups -OCH3 is 1. The first-order valence-corrected chi connectivity index (χ1v) is 6.23. The summed E-state index contributed by atoms with van der Waals surface area (Å²) in [5.41, 5.74) is 0.929. The Hall–Kier alpha value is -1.75. The van der Waals surface area contributed by atoms with Crippen LogP contribution in [0.1, 0.15) is 24.2 Å². The number of rotatable bonds is 5. The summed E-state index contributed by atoms with van der Waals surface area (Å²) in [6.07, 6.45) is 0. The summed E-state index contributed by atoms with van der Waals surface area (Å²) in [5, 5.41) is 6.10. The van der Waals surface area contributed by atoms with Gasteiger partial charge in [-0.1, -0.05) is 11.6 Å². The minimum absolute atomic E-state index is 0.0247. The Balaban J connectivity index is 2.91. The lowest BCUT2D eigenvalue weighted by atomic mass is 10.1. The van der Waals surface area contributed by atoms with E-state index in [0.29, 0.717) is 16.3 Å². The third-order valence-corrected chi connectivity index (χ3v) is 2.53. The van der Waals surface area contributed by atoms with Crippen LogP contribution in [-0.4, -0.2) is 31.6 Å². The maximum atomic E-state index is 12.0. The summed E-state index contributed by atoms with van der Waals surface area (Å²) >= 11 is 5.89. The average Bonchev–Trinajstić information content (AvgIpc) is 2.34. The minimum atomic E-state index is -0.421. The van der Waals surface area contributed by atoms with E-state index in [2.05, 4.69) is 15.4 Å². The van der Waals surface area contributed by atoms with E-state index in [1.54, 1.807) is 18.2 Å². The molecule has 0 aromatic heterocycles. The van der Waals surface area contributed by atoms with Crippen molar-refractivity contribution in [2.45, 2.75) is 19.9 Å². The van der Waals surface area contributed by atoms with Gasteiger partial charge in [-0.3, -0.25) is 9.59 Å². The minimum Gasteiger partial charge on any atom is -0.468 e. The Morgan fingerprint density at radius 1 is 1.37 bits per heavy atom. The summed E-state index contributed by atoms with van der Waals surface area (Å²) in [7, 11) is 1.30. The molecule has 0 aliphatic rings. The van der Waals surface area contributed by atoms with Crippen molar-refractivity contribution < 1.29 is 14.3 Å². The van der Waals surface area contributed by atoms with Gasteiger partial charge in [0, 0.05) is 16.8 Å². The first-order valence-electron chi connectivity index (χ1n) is 5.85. The predicted octanol–water partition coefficient (Wildman–Crippen LogP) is 2.06. The van der Waals surface area contributed by atoms with Crippen molar-refractivity contribution >= 4 is 29.2 Å². The van der Waals surface area contributed by atoms with Crippen molar-refractivity contribution in [3.05, 3.63) is 28.8 Å². The summed E-state index contributed by atoms with van der Waals surface area (Å²) in [6.45, 7) is 3.71. The first-order chi connectivity index (χ1) is 8.93. The van der Waals surface area contributed by atoms with Gasteiger partial charge in [0.25, 0.3) is 5.91 Å². The molecule has 1 aromatic carbocycles. The molecule has 0 radical (unpaired) electrons. The van der Waals surface area contributed by atoms with Gasteiger partial charge >= 0.3 is 5.97 Å². The fourth-order valence-electron chi connectivity index (χ4n) is 1.44. The van der Waals surface area contributed by atoms with Crippen LogP contribution in [0.15, 0.2) is 18.2 Å². The number of halogens is 1. The summed E-state index contributed by atoms with van der Waals surface area (Å²) in [6, 6.07) is 4.86. The lowest BCUT2D eigenvalue weighted by Crippen LogP contribution is -2.31. The molecule has 1 rings (SSSR count). The second kappa shape index (κ2) is 6.99. The average molecular weight is 285 g/mol. The van der Waals surface area contributed by atoms with E-state index < -0.39 is 5.97 Å². The van der Waals surface area contributed by atoms with Crippen LogP contribution in [0.4, 0.5) is 5.69 Å². The number of amides is 1. The highest BCUT2D eigenvalue weighted by molar-refractivity contribution is 6.31. The Bertz CT molecular complexity index is 475. The molecule has 104 valence electrons. The van der Waals surface area contributed by atoms with Gasteiger partial charge in [-0.25, -0.2) is 0 Å². The fourth-order valence-corrected chi connectivity index (χ4v) is 1.61. The van der Waals surface area contributed by atoms with Gasteiger partial charge in [0.15, 0.2) is 0 Å². The molecule has 19 heavy (non-hydrogen) atoms. The van der Waals surface area contributed by atoms with Crippen LogP contribution in [0.2, 0.25) is 5.02 Å². The molecule has 0 atom stereocenters. The molecule has 0 fully saturated rings. The van der Waals surface area contributed by atoms with Crippen molar-refractivity contribution in [3.63, 3.8) is 0 Å². The molecule has 2 N–H and O–H groups in total. The predicted molar refractivity (Wildman–Crippen MR) is 74.6 cm³/mol. The van der Waals surface area contributed by atoms with Gasteiger partial charge < -0.3 is 15.4 Å². The van der Waals surface area contributed by atoms with Crippen molar-refractivity contribution in [1.82, 2.24) is 5.32 Å². The summed E-state index contributed by atoms with van der Waals surface area (Å²) in [4.78, 5) is 23.1. The molecule has 0 unspecified atom stereocenters. The van der Waals surface area contributed by atoms with Gasteiger partial charge in [0.1, 0.15) is 6.54 Å². The molecule has 0 aliphatic heterocycles. The van der Waals surface area contributed by atoms with Crippen LogP contribution < -0.4 is 10.6 Å². The number of carbonyl (C=O) groups excluding carboxylic acids is 2. The van der Waals surface area contributed by atoms with E-state index in [0.717, 1.165) is 0 Å². The second-order valence-electron chi connectivity index (χ2n) is 4.25. The van der Waals surface area contributed by atoms with Crippen molar-refractivity contribution in [3.8, 4) is 0 Å². The van der Waals surface area contributed by atoms with Gasteiger partial charge in [-0.2, -0.15) is 0 Å². The standard InChI is InChI=1S/C13H17ClN2O3/c1-8(2)16-13(18)10-5-4-9(14)6-11(10)15-7-12(17)19-3/h4-6,8,15H,7H2,1-3H3,(H,16,18). The molecule has 1 aromatic rings. The zero-order valence-electron chi connectivity index (χ0n) is 11.1. The molecular weight excluding hydrogens is 268 g/mol. The highest BCUT2D eigenvalue weighted by atomic mass is 35.5. The van der Waals surface area contributed by atoms with E-state index >= 15 is 0 Å². The Morgan fingerprint density at radius 2 is 2.05 bits per heavy atom.